The highest BCUT2D eigenvalue weighted by molar-refractivity contribution is 5.64. The van der Waals surface area contributed by atoms with E-state index in [1.54, 1.807) is 12.1 Å². The van der Waals surface area contributed by atoms with Gasteiger partial charge in [0.05, 0.1) is 5.69 Å². The van der Waals surface area contributed by atoms with E-state index in [2.05, 4.69) is 15.0 Å². The van der Waals surface area contributed by atoms with Gasteiger partial charge in [0.25, 0.3) is 0 Å². The molecule has 0 spiro atoms. The molecular formula is C14H11N5. The van der Waals surface area contributed by atoms with Crippen LogP contribution in [0.15, 0.2) is 53.9 Å². The molecule has 0 bridgehead atoms. The van der Waals surface area contributed by atoms with Crippen molar-refractivity contribution in [3.8, 4) is 11.3 Å². The Bertz CT molecular complexity index is 779. The Balaban J connectivity index is 2.05. The number of hydrogen-bond donors (Lipinski definition) is 0. The molecule has 0 aliphatic carbocycles. The Morgan fingerprint density at radius 2 is 1.89 bits per heavy atom. The number of nitrogens with zero attached hydrogens (tertiary/aromatic N) is 5. The number of aromatic nitrogens is 2. The maximum atomic E-state index is 8.37. The van der Waals surface area contributed by atoms with Crippen molar-refractivity contribution in [3.05, 3.63) is 64.8 Å². The standard InChI is InChI=1S/C14H11N5/c1-10-2-7-14-16-13(9-19(14)8-10)11-3-5-12(6-4-11)17-18-15/h2-9H,1H3. The minimum absolute atomic E-state index is 0.603. The smallest absolute Gasteiger partial charge is 0.137 e. The van der Waals surface area contributed by atoms with E-state index in [0.717, 1.165) is 16.9 Å². The molecule has 0 aliphatic rings. The van der Waals surface area contributed by atoms with E-state index in [0.29, 0.717) is 5.69 Å². The van der Waals surface area contributed by atoms with Gasteiger partial charge < -0.3 is 4.40 Å². The summed E-state index contributed by atoms with van der Waals surface area (Å²) in [6.07, 6.45) is 4.03. The van der Waals surface area contributed by atoms with Gasteiger partial charge in [-0.15, -0.1) is 0 Å². The molecule has 5 heteroatoms. The van der Waals surface area contributed by atoms with Crippen LogP contribution < -0.4 is 0 Å². The first-order chi connectivity index (χ1) is 9.26. The number of aryl methyl sites for hydroxylation is 1. The lowest BCUT2D eigenvalue weighted by Gasteiger charge is -1.96. The second-order valence-corrected chi connectivity index (χ2v) is 4.33. The summed E-state index contributed by atoms with van der Waals surface area (Å²) in [5.41, 5.74) is 13.0. The Hall–Kier alpha value is -2.78. The van der Waals surface area contributed by atoms with Crippen molar-refractivity contribution >= 4 is 11.3 Å². The molecule has 0 unspecified atom stereocenters. The first-order valence-corrected chi connectivity index (χ1v) is 5.87. The first-order valence-electron chi connectivity index (χ1n) is 5.87. The molecule has 0 atom stereocenters. The van der Waals surface area contributed by atoms with Gasteiger partial charge in [-0.25, -0.2) is 4.98 Å². The zero-order valence-corrected chi connectivity index (χ0v) is 10.4. The lowest BCUT2D eigenvalue weighted by atomic mass is 10.1. The molecule has 5 nitrogen and oxygen atoms in total. The summed E-state index contributed by atoms with van der Waals surface area (Å²) in [6.45, 7) is 2.05. The third kappa shape index (κ3) is 2.14. The zero-order chi connectivity index (χ0) is 13.2. The lowest BCUT2D eigenvalue weighted by Crippen LogP contribution is -1.82. The average Bonchev–Trinajstić information content (AvgIpc) is 2.83. The van der Waals surface area contributed by atoms with Crippen molar-refractivity contribution in [2.24, 2.45) is 5.11 Å². The van der Waals surface area contributed by atoms with E-state index in [1.165, 1.54) is 5.56 Å². The highest BCUT2D eigenvalue weighted by Gasteiger charge is 2.04. The van der Waals surface area contributed by atoms with Crippen molar-refractivity contribution in [2.75, 3.05) is 0 Å². The van der Waals surface area contributed by atoms with Gasteiger partial charge >= 0.3 is 0 Å². The van der Waals surface area contributed by atoms with Gasteiger partial charge in [-0.3, -0.25) is 0 Å². The number of azide groups is 1. The van der Waals surface area contributed by atoms with Gasteiger partial charge in [-0.1, -0.05) is 35.4 Å². The molecule has 0 saturated heterocycles. The van der Waals surface area contributed by atoms with Crippen molar-refractivity contribution in [1.82, 2.24) is 9.38 Å². The molecular weight excluding hydrogens is 238 g/mol. The zero-order valence-electron chi connectivity index (χ0n) is 10.4. The van der Waals surface area contributed by atoms with Crippen LogP contribution in [0.25, 0.3) is 27.3 Å². The molecule has 3 rings (SSSR count). The lowest BCUT2D eigenvalue weighted by molar-refractivity contribution is 1.16. The van der Waals surface area contributed by atoms with Crippen molar-refractivity contribution in [2.45, 2.75) is 6.92 Å². The second kappa shape index (κ2) is 4.48. The van der Waals surface area contributed by atoms with Crippen LogP contribution in [0.2, 0.25) is 0 Å². The fraction of sp³-hybridized carbons (Fsp3) is 0.0714. The Morgan fingerprint density at radius 1 is 1.11 bits per heavy atom. The number of pyridine rings is 1. The Labute approximate surface area is 109 Å². The van der Waals surface area contributed by atoms with Crippen molar-refractivity contribution in [1.29, 1.82) is 0 Å². The van der Waals surface area contributed by atoms with E-state index in [9.17, 15) is 0 Å². The number of imidazole rings is 1. The van der Waals surface area contributed by atoms with Gasteiger partial charge in [0.1, 0.15) is 5.65 Å². The highest BCUT2D eigenvalue weighted by atomic mass is 15.1. The quantitative estimate of drug-likeness (QED) is 0.380. The normalized spacial score (nSPS) is 10.4. The minimum atomic E-state index is 0.603. The van der Waals surface area contributed by atoms with E-state index in [1.807, 2.05) is 48.0 Å². The van der Waals surface area contributed by atoms with Crippen molar-refractivity contribution < 1.29 is 0 Å². The van der Waals surface area contributed by atoms with Crippen LogP contribution in [0.4, 0.5) is 5.69 Å². The summed E-state index contributed by atoms with van der Waals surface area (Å²) in [5.74, 6) is 0. The van der Waals surface area contributed by atoms with Crippen molar-refractivity contribution in [3.63, 3.8) is 0 Å². The monoisotopic (exact) mass is 249 g/mol. The predicted molar refractivity (Wildman–Crippen MR) is 74.2 cm³/mol. The molecule has 0 aliphatic heterocycles. The summed E-state index contributed by atoms with van der Waals surface area (Å²) in [5, 5.41) is 3.55. The summed E-state index contributed by atoms with van der Waals surface area (Å²) in [7, 11) is 0. The van der Waals surface area contributed by atoms with Gasteiger partial charge in [0.2, 0.25) is 0 Å². The van der Waals surface area contributed by atoms with Crippen LogP contribution in [0.3, 0.4) is 0 Å². The van der Waals surface area contributed by atoms with E-state index in [-0.39, 0.29) is 0 Å². The highest BCUT2D eigenvalue weighted by Crippen LogP contribution is 2.22. The Kier molecular flexibility index (Phi) is 2.67. The SMILES string of the molecule is Cc1ccc2nc(-c3ccc(N=[N+]=[N-])cc3)cn2c1. The minimum Gasteiger partial charge on any atom is -0.306 e. The molecule has 2 heterocycles. The number of hydrogen-bond acceptors (Lipinski definition) is 2. The summed E-state index contributed by atoms with van der Waals surface area (Å²) in [4.78, 5) is 7.32. The maximum Gasteiger partial charge on any atom is 0.137 e. The summed E-state index contributed by atoms with van der Waals surface area (Å²) < 4.78 is 2.01. The second-order valence-electron chi connectivity index (χ2n) is 4.33. The predicted octanol–water partition coefficient (Wildman–Crippen LogP) is 4.25. The van der Waals surface area contributed by atoms with Gasteiger partial charge in [-0.05, 0) is 24.1 Å². The molecule has 0 saturated carbocycles. The topological polar surface area (TPSA) is 66.1 Å². The number of fused-ring (bicyclic) bond motifs is 1. The average molecular weight is 249 g/mol. The molecule has 0 fully saturated rings. The third-order valence-corrected chi connectivity index (χ3v) is 2.92. The van der Waals surface area contributed by atoms with Crippen LogP contribution in [-0.4, -0.2) is 9.38 Å². The maximum absolute atomic E-state index is 8.37. The molecule has 1 aromatic carbocycles. The number of benzene rings is 1. The van der Waals surface area contributed by atoms with Crippen LogP contribution in [0.5, 0.6) is 0 Å². The van der Waals surface area contributed by atoms with E-state index >= 15 is 0 Å². The van der Waals surface area contributed by atoms with Gasteiger partial charge in [0.15, 0.2) is 0 Å². The van der Waals surface area contributed by atoms with Crippen LogP contribution in [-0.2, 0) is 0 Å². The van der Waals surface area contributed by atoms with Gasteiger partial charge in [-0.2, -0.15) is 0 Å². The fourth-order valence-corrected chi connectivity index (χ4v) is 1.99. The molecule has 3 aromatic rings. The van der Waals surface area contributed by atoms with Gasteiger partial charge in [0, 0.05) is 28.6 Å². The van der Waals surface area contributed by atoms with Crippen LogP contribution >= 0.6 is 0 Å². The Morgan fingerprint density at radius 3 is 2.63 bits per heavy atom. The third-order valence-electron chi connectivity index (χ3n) is 2.92. The largest absolute Gasteiger partial charge is 0.306 e. The summed E-state index contributed by atoms with van der Waals surface area (Å²) in [6, 6.07) is 11.4. The van der Waals surface area contributed by atoms with Crippen LogP contribution in [0, 0.1) is 6.92 Å². The molecule has 2 aromatic heterocycles. The first kappa shape index (κ1) is 11.3. The van der Waals surface area contributed by atoms with E-state index < -0.39 is 0 Å². The fourth-order valence-electron chi connectivity index (χ4n) is 1.99. The molecule has 19 heavy (non-hydrogen) atoms. The molecule has 92 valence electrons. The van der Waals surface area contributed by atoms with Crippen LogP contribution in [0.1, 0.15) is 5.56 Å². The number of rotatable bonds is 2. The molecule has 0 N–H and O–H groups in total. The molecule has 0 radical (unpaired) electrons. The summed E-state index contributed by atoms with van der Waals surface area (Å²) >= 11 is 0. The van der Waals surface area contributed by atoms with E-state index in [4.69, 9.17) is 5.53 Å². The molecule has 0 amide bonds.